The molecule has 0 spiro atoms. The third-order valence-corrected chi connectivity index (χ3v) is 4.39. The highest BCUT2D eigenvalue weighted by Gasteiger charge is 2.28. The second-order valence-corrected chi connectivity index (χ2v) is 6.71. The molecule has 0 bridgehead atoms. The van der Waals surface area contributed by atoms with Gasteiger partial charge in [0.25, 0.3) is 0 Å². The highest BCUT2D eigenvalue weighted by atomic mass is 79.9. The fourth-order valence-corrected chi connectivity index (χ4v) is 3.19. The van der Waals surface area contributed by atoms with E-state index in [9.17, 15) is 13.9 Å². The fraction of sp³-hybridized carbons (Fsp3) is 0.600. The molecule has 0 amide bonds. The summed E-state index contributed by atoms with van der Waals surface area (Å²) in [6.07, 6.45) is 0.783. The average molecular weight is 436 g/mol. The molecule has 2 N–H and O–H groups in total. The summed E-state index contributed by atoms with van der Waals surface area (Å²) in [7, 11) is 0. The van der Waals surface area contributed by atoms with Gasteiger partial charge in [-0.1, -0.05) is 13.8 Å². The third-order valence-electron chi connectivity index (χ3n) is 3.81. The van der Waals surface area contributed by atoms with Gasteiger partial charge < -0.3 is 10.4 Å². The number of phenolic OH excluding ortho intramolecular Hbond substituents is 1. The Morgan fingerprint density at radius 3 is 2.30 bits per heavy atom. The average Bonchev–Trinajstić information content (AvgIpc) is 2.47. The lowest BCUT2D eigenvalue weighted by Gasteiger charge is -2.36. The van der Waals surface area contributed by atoms with Crippen LogP contribution in [0.3, 0.4) is 0 Å². The fourth-order valence-electron chi connectivity index (χ4n) is 2.77. The summed E-state index contributed by atoms with van der Waals surface area (Å²) in [5.74, 6) is -2.40. The van der Waals surface area contributed by atoms with E-state index in [2.05, 4.69) is 40.0 Å². The van der Waals surface area contributed by atoms with Crippen molar-refractivity contribution in [2.75, 3.05) is 26.2 Å². The van der Waals surface area contributed by atoms with Crippen LogP contribution in [0, 0.1) is 17.6 Å². The molecule has 1 aromatic rings. The Kier molecular flexibility index (Phi) is 9.93. The first kappa shape index (κ1) is 22.9. The molecule has 1 aliphatic rings. The van der Waals surface area contributed by atoms with Crippen molar-refractivity contribution in [3.8, 4) is 5.75 Å². The maximum Gasteiger partial charge on any atom is 0.201 e. The van der Waals surface area contributed by atoms with E-state index in [4.69, 9.17) is 0 Å². The first-order valence-corrected chi connectivity index (χ1v) is 8.02. The molecule has 0 unspecified atom stereocenters. The predicted molar refractivity (Wildman–Crippen MR) is 96.9 cm³/mol. The Morgan fingerprint density at radius 1 is 1.22 bits per heavy atom. The van der Waals surface area contributed by atoms with Crippen LogP contribution in [-0.4, -0.2) is 36.2 Å². The number of benzene rings is 1. The molecule has 0 radical (unpaired) electrons. The molecule has 1 aliphatic heterocycles. The summed E-state index contributed by atoms with van der Waals surface area (Å²) in [5, 5.41) is 13.3. The van der Waals surface area contributed by atoms with Crippen molar-refractivity contribution in [3.05, 3.63) is 27.7 Å². The van der Waals surface area contributed by atoms with E-state index in [1.54, 1.807) is 0 Å². The van der Waals surface area contributed by atoms with E-state index in [0.717, 1.165) is 32.6 Å². The zero-order valence-corrected chi connectivity index (χ0v) is 16.3. The lowest BCUT2D eigenvalue weighted by Crippen LogP contribution is -2.45. The van der Waals surface area contributed by atoms with Gasteiger partial charge in [-0.15, -0.1) is 24.8 Å². The molecule has 0 aromatic heterocycles. The third kappa shape index (κ3) is 5.43. The van der Waals surface area contributed by atoms with Crippen LogP contribution < -0.4 is 5.32 Å². The SMILES string of the molecule is CC(C)C[C@H](c1cc(Br)c(F)c(F)c1O)N1CCNCC1.Cl.Cl. The Labute approximate surface area is 156 Å². The molecule has 134 valence electrons. The molecule has 2 rings (SSSR count). The highest BCUT2D eigenvalue weighted by molar-refractivity contribution is 9.10. The van der Waals surface area contributed by atoms with Crippen molar-refractivity contribution < 1.29 is 13.9 Å². The van der Waals surface area contributed by atoms with E-state index in [1.165, 1.54) is 6.07 Å². The van der Waals surface area contributed by atoms with Gasteiger partial charge in [-0.05, 0) is 34.3 Å². The van der Waals surface area contributed by atoms with E-state index in [0.29, 0.717) is 11.5 Å². The maximum absolute atomic E-state index is 13.8. The Morgan fingerprint density at radius 2 is 1.78 bits per heavy atom. The topological polar surface area (TPSA) is 35.5 Å². The van der Waals surface area contributed by atoms with Gasteiger partial charge >= 0.3 is 0 Å². The summed E-state index contributed by atoms with van der Waals surface area (Å²) in [4.78, 5) is 2.22. The molecule has 1 atom stereocenters. The number of hydrogen-bond acceptors (Lipinski definition) is 3. The molecule has 23 heavy (non-hydrogen) atoms. The number of hydrogen-bond donors (Lipinski definition) is 2. The monoisotopic (exact) mass is 434 g/mol. The molecule has 0 saturated carbocycles. The van der Waals surface area contributed by atoms with Crippen LogP contribution in [0.5, 0.6) is 5.75 Å². The summed E-state index contributed by atoms with van der Waals surface area (Å²) in [6.45, 7) is 7.55. The van der Waals surface area contributed by atoms with Crippen molar-refractivity contribution in [3.63, 3.8) is 0 Å². The summed E-state index contributed by atoms with van der Waals surface area (Å²) in [5.41, 5.74) is 0.455. The summed E-state index contributed by atoms with van der Waals surface area (Å²) in [6, 6.07) is 1.39. The van der Waals surface area contributed by atoms with Crippen LogP contribution in [0.2, 0.25) is 0 Å². The van der Waals surface area contributed by atoms with Crippen molar-refractivity contribution in [1.29, 1.82) is 0 Å². The van der Waals surface area contributed by atoms with Gasteiger partial charge in [-0.25, -0.2) is 4.39 Å². The van der Waals surface area contributed by atoms with Crippen LogP contribution in [0.25, 0.3) is 0 Å². The normalized spacial score (nSPS) is 16.6. The first-order valence-electron chi connectivity index (χ1n) is 7.23. The van der Waals surface area contributed by atoms with Gasteiger partial charge in [-0.2, -0.15) is 4.39 Å². The van der Waals surface area contributed by atoms with Crippen molar-refractivity contribution >= 4 is 40.7 Å². The van der Waals surface area contributed by atoms with Gasteiger partial charge in [-0.3, -0.25) is 4.90 Å². The number of piperazine rings is 1. The zero-order valence-electron chi connectivity index (χ0n) is 13.1. The highest BCUT2D eigenvalue weighted by Crippen LogP contribution is 2.38. The van der Waals surface area contributed by atoms with Crippen molar-refractivity contribution in [2.24, 2.45) is 5.92 Å². The number of rotatable bonds is 4. The number of halogens is 5. The van der Waals surface area contributed by atoms with E-state index in [1.807, 2.05) is 0 Å². The largest absolute Gasteiger partial charge is 0.505 e. The number of aromatic hydroxyl groups is 1. The second-order valence-electron chi connectivity index (χ2n) is 5.86. The number of phenols is 1. The Hall–Kier alpha value is -0.140. The standard InChI is InChI=1S/C15H21BrF2N2O.2ClH/c1-9(2)7-12(20-5-3-19-4-6-20)10-8-11(16)13(17)14(18)15(10)21;;/h8-9,12,19,21H,3-7H2,1-2H3;2*1H/t12-;;/m1../s1. The Bertz CT molecular complexity index is 515. The molecule has 1 saturated heterocycles. The van der Waals surface area contributed by atoms with Crippen LogP contribution in [0.15, 0.2) is 10.5 Å². The predicted octanol–water partition coefficient (Wildman–Crippen LogP) is 4.27. The van der Waals surface area contributed by atoms with Gasteiger partial charge in [0.2, 0.25) is 5.82 Å². The lowest BCUT2D eigenvalue weighted by molar-refractivity contribution is 0.150. The van der Waals surface area contributed by atoms with Crippen molar-refractivity contribution in [1.82, 2.24) is 10.2 Å². The quantitative estimate of drug-likeness (QED) is 0.693. The van der Waals surface area contributed by atoms with Crippen molar-refractivity contribution in [2.45, 2.75) is 26.3 Å². The zero-order chi connectivity index (χ0) is 15.6. The molecule has 0 aliphatic carbocycles. The minimum Gasteiger partial charge on any atom is -0.505 e. The summed E-state index contributed by atoms with van der Waals surface area (Å²) < 4.78 is 27.4. The van der Waals surface area contributed by atoms with E-state index < -0.39 is 17.4 Å². The Balaban J connectivity index is 0.00000242. The van der Waals surface area contributed by atoms with Crippen LogP contribution in [0.1, 0.15) is 31.9 Å². The van der Waals surface area contributed by atoms with Crippen LogP contribution >= 0.6 is 40.7 Å². The minimum absolute atomic E-state index is 0. The molecule has 1 fully saturated rings. The lowest BCUT2D eigenvalue weighted by atomic mass is 9.94. The van der Waals surface area contributed by atoms with Gasteiger partial charge in [0, 0.05) is 37.8 Å². The molecule has 3 nitrogen and oxygen atoms in total. The minimum atomic E-state index is -1.18. The van der Waals surface area contributed by atoms with Gasteiger partial charge in [0.1, 0.15) is 0 Å². The molecule has 1 aromatic carbocycles. The number of nitrogens with zero attached hydrogens (tertiary/aromatic N) is 1. The number of nitrogens with one attached hydrogen (secondary N) is 1. The smallest absolute Gasteiger partial charge is 0.201 e. The molecule has 1 heterocycles. The van der Waals surface area contributed by atoms with Crippen LogP contribution in [-0.2, 0) is 0 Å². The molecular weight excluding hydrogens is 413 g/mol. The molecular formula is C15H23BrCl2F2N2O. The second kappa shape index (κ2) is 9.99. The molecule has 8 heteroatoms. The van der Waals surface area contributed by atoms with E-state index >= 15 is 0 Å². The maximum atomic E-state index is 13.8. The van der Waals surface area contributed by atoms with E-state index in [-0.39, 0.29) is 35.3 Å². The van der Waals surface area contributed by atoms with Gasteiger partial charge in [0.15, 0.2) is 11.6 Å². The summed E-state index contributed by atoms with van der Waals surface area (Å²) >= 11 is 3.03. The van der Waals surface area contributed by atoms with Crippen LogP contribution in [0.4, 0.5) is 8.78 Å². The van der Waals surface area contributed by atoms with Gasteiger partial charge in [0.05, 0.1) is 4.47 Å². The first-order chi connectivity index (χ1) is 9.91.